The second-order valence-electron chi connectivity index (χ2n) is 7.35. The Kier molecular flexibility index (Phi) is 5.46. The van der Waals surface area contributed by atoms with Gasteiger partial charge in [-0.05, 0) is 37.6 Å². The average Bonchev–Trinajstić information content (AvgIpc) is 2.83. The molecule has 0 bridgehead atoms. The zero-order valence-corrected chi connectivity index (χ0v) is 17.9. The van der Waals surface area contributed by atoms with Crippen molar-refractivity contribution in [3.05, 3.63) is 54.1 Å². The van der Waals surface area contributed by atoms with E-state index in [0.29, 0.717) is 4.31 Å². The summed E-state index contributed by atoms with van der Waals surface area (Å²) in [6, 6.07) is 12.8. The van der Waals surface area contributed by atoms with Crippen molar-refractivity contribution >= 4 is 31.6 Å². The summed E-state index contributed by atoms with van der Waals surface area (Å²) >= 11 is 0. The molecule has 0 aliphatic carbocycles. The van der Waals surface area contributed by atoms with Gasteiger partial charge in [0.25, 0.3) is 0 Å². The first-order valence-corrected chi connectivity index (χ1v) is 11.9. The predicted octanol–water partition coefficient (Wildman–Crippen LogP) is 1.88. The Labute approximate surface area is 170 Å². The molecule has 2 aromatic carbocycles. The lowest BCUT2D eigenvalue weighted by Crippen LogP contribution is -2.33. The van der Waals surface area contributed by atoms with E-state index in [9.17, 15) is 21.6 Å². The van der Waals surface area contributed by atoms with Crippen LogP contribution in [-0.2, 0) is 31.4 Å². The fourth-order valence-electron chi connectivity index (χ4n) is 3.12. The van der Waals surface area contributed by atoms with Gasteiger partial charge in [-0.25, -0.2) is 25.9 Å². The lowest BCUT2D eigenvalue weighted by molar-refractivity contribution is -0.123. The number of rotatable bonds is 6. The molecule has 1 fully saturated rings. The molecule has 0 aromatic heterocycles. The molecule has 1 aliphatic heterocycles. The number of ether oxygens (including phenoxy) is 1. The second kappa shape index (κ2) is 7.43. The highest BCUT2D eigenvalue weighted by Crippen LogP contribution is 2.38. The van der Waals surface area contributed by atoms with Gasteiger partial charge in [-0.3, -0.25) is 4.79 Å². The summed E-state index contributed by atoms with van der Waals surface area (Å²) in [7, 11) is -6.64. The molecule has 0 spiro atoms. The van der Waals surface area contributed by atoms with Crippen molar-refractivity contribution in [1.29, 1.82) is 0 Å². The smallest absolute Gasteiger partial charge is 0.247 e. The third-order valence-electron chi connectivity index (χ3n) is 4.57. The number of sulfonamides is 2. The van der Waals surface area contributed by atoms with Gasteiger partial charge in [0, 0.05) is 6.54 Å². The molecule has 10 heteroatoms. The minimum Gasteiger partial charge on any atom is -0.495 e. The molecule has 29 heavy (non-hydrogen) atoms. The fraction of sp³-hybridized carbons (Fsp3) is 0.316. The highest BCUT2D eigenvalue weighted by molar-refractivity contribution is 7.94. The lowest BCUT2D eigenvalue weighted by atomic mass is 9.95. The van der Waals surface area contributed by atoms with Crippen LogP contribution in [0.2, 0.25) is 0 Å². The van der Waals surface area contributed by atoms with Crippen LogP contribution in [0.15, 0.2) is 53.4 Å². The molecule has 0 saturated carbocycles. The van der Waals surface area contributed by atoms with Gasteiger partial charge in [0.15, 0.2) is 0 Å². The summed E-state index contributed by atoms with van der Waals surface area (Å²) in [5.74, 6) is -0.917. The molecular weight excluding hydrogens is 416 g/mol. The summed E-state index contributed by atoms with van der Waals surface area (Å²) in [4.78, 5) is 12.4. The van der Waals surface area contributed by atoms with Crippen molar-refractivity contribution in [3.8, 4) is 5.75 Å². The van der Waals surface area contributed by atoms with Gasteiger partial charge < -0.3 is 4.74 Å². The highest BCUT2D eigenvalue weighted by Gasteiger charge is 2.50. The van der Waals surface area contributed by atoms with Gasteiger partial charge in [0.05, 0.1) is 24.0 Å². The Balaban J connectivity index is 2.00. The monoisotopic (exact) mass is 438 g/mol. The van der Waals surface area contributed by atoms with Crippen LogP contribution in [0.1, 0.15) is 19.4 Å². The van der Waals surface area contributed by atoms with E-state index in [2.05, 4.69) is 4.72 Å². The van der Waals surface area contributed by atoms with Crippen LogP contribution in [0.5, 0.6) is 5.75 Å². The zero-order chi connectivity index (χ0) is 21.4. The van der Waals surface area contributed by atoms with Crippen LogP contribution in [0.3, 0.4) is 0 Å². The van der Waals surface area contributed by atoms with E-state index in [1.165, 1.54) is 33.1 Å². The molecule has 0 atom stereocenters. The van der Waals surface area contributed by atoms with Gasteiger partial charge in [-0.2, -0.15) is 0 Å². The summed E-state index contributed by atoms with van der Waals surface area (Å²) in [6.45, 7) is 3.12. The lowest BCUT2D eigenvalue weighted by Gasteiger charge is -2.19. The van der Waals surface area contributed by atoms with Crippen LogP contribution in [-0.4, -0.2) is 35.6 Å². The van der Waals surface area contributed by atoms with Crippen LogP contribution in [0, 0.1) is 5.41 Å². The van der Waals surface area contributed by atoms with Crippen molar-refractivity contribution in [2.24, 2.45) is 5.41 Å². The Morgan fingerprint density at radius 3 is 2.34 bits per heavy atom. The Morgan fingerprint density at radius 1 is 1.14 bits per heavy atom. The van der Waals surface area contributed by atoms with Crippen molar-refractivity contribution in [2.75, 3.05) is 17.2 Å². The first-order chi connectivity index (χ1) is 13.5. The Bertz CT molecular complexity index is 1140. The summed E-state index contributed by atoms with van der Waals surface area (Å²) in [6.07, 6.45) is 0. The van der Waals surface area contributed by atoms with E-state index in [1.54, 1.807) is 24.3 Å². The summed E-state index contributed by atoms with van der Waals surface area (Å²) in [5, 5.41) is 0. The average molecular weight is 439 g/mol. The molecule has 1 saturated heterocycles. The molecule has 3 rings (SSSR count). The SMILES string of the molecule is COc1ccc(N2C(=O)C(C)(C)CS2(=O)=O)cc1S(=O)(=O)NCc1ccccc1. The minimum absolute atomic E-state index is 0.0395. The third kappa shape index (κ3) is 4.14. The van der Waals surface area contributed by atoms with E-state index < -0.39 is 31.4 Å². The molecule has 1 N–H and O–H groups in total. The normalized spacial score (nSPS) is 18.0. The number of benzene rings is 2. The number of amides is 1. The number of anilines is 1. The van der Waals surface area contributed by atoms with E-state index in [4.69, 9.17) is 4.74 Å². The predicted molar refractivity (Wildman–Crippen MR) is 109 cm³/mol. The molecule has 1 amide bonds. The zero-order valence-electron chi connectivity index (χ0n) is 16.2. The largest absolute Gasteiger partial charge is 0.495 e. The first-order valence-electron chi connectivity index (χ1n) is 8.77. The number of hydrogen-bond donors (Lipinski definition) is 1. The molecule has 0 radical (unpaired) electrons. The van der Waals surface area contributed by atoms with Crippen molar-refractivity contribution < 1.29 is 26.4 Å². The molecule has 1 heterocycles. The maximum absolute atomic E-state index is 12.9. The van der Waals surface area contributed by atoms with E-state index in [1.807, 2.05) is 6.07 Å². The van der Waals surface area contributed by atoms with Gasteiger partial charge in [-0.1, -0.05) is 30.3 Å². The fourth-order valence-corrected chi connectivity index (χ4v) is 6.42. The molecule has 2 aromatic rings. The van der Waals surface area contributed by atoms with Gasteiger partial charge >= 0.3 is 0 Å². The van der Waals surface area contributed by atoms with Gasteiger partial charge in [-0.15, -0.1) is 0 Å². The van der Waals surface area contributed by atoms with E-state index in [0.717, 1.165) is 11.6 Å². The highest BCUT2D eigenvalue weighted by atomic mass is 32.2. The van der Waals surface area contributed by atoms with Crippen molar-refractivity contribution in [1.82, 2.24) is 4.72 Å². The Hall–Kier alpha value is -2.43. The quantitative estimate of drug-likeness (QED) is 0.737. The molecular formula is C19H22N2O6S2. The number of carbonyl (C=O) groups is 1. The minimum atomic E-state index is -4.04. The summed E-state index contributed by atoms with van der Waals surface area (Å²) in [5.41, 5.74) is -0.379. The number of nitrogens with one attached hydrogen (secondary N) is 1. The first kappa shape index (κ1) is 21.3. The summed E-state index contributed by atoms with van der Waals surface area (Å²) < 4.78 is 59.1. The Morgan fingerprint density at radius 2 is 1.79 bits per heavy atom. The topological polar surface area (TPSA) is 110 Å². The molecule has 0 unspecified atom stereocenters. The standard InChI is InChI=1S/C19H22N2O6S2/c1-19(2)13-28(23,24)21(18(19)22)15-9-10-16(27-3)17(11-15)29(25,26)20-12-14-7-5-4-6-8-14/h4-11,20H,12-13H2,1-3H3. The number of nitrogens with zero attached hydrogens (tertiary/aromatic N) is 1. The maximum Gasteiger partial charge on any atom is 0.247 e. The molecule has 1 aliphatic rings. The van der Waals surface area contributed by atoms with Gasteiger partial charge in [0.2, 0.25) is 26.0 Å². The van der Waals surface area contributed by atoms with Crippen LogP contribution >= 0.6 is 0 Å². The molecule has 156 valence electrons. The molecule has 8 nitrogen and oxygen atoms in total. The number of hydrogen-bond acceptors (Lipinski definition) is 6. The van der Waals surface area contributed by atoms with E-state index in [-0.39, 0.29) is 28.6 Å². The van der Waals surface area contributed by atoms with Crippen LogP contribution < -0.4 is 13.8 Å². The van der Waals surface area contributed by atoms with Crippen LogP contribution in [0.4, 0.5) is 5.69 Å². The second-order valence-corrected chi connectivity index (χ2v) is 10.9. The van der Waals surface area contributed by atoms with E-state index >= 15 is 0 Å². The van der Waals surface area contributed by atoms with Gasteiger partial charge in [0.1, 0.15) is 10.6 Å². The van der Waals surface area contributed by atoms with Crippen molar-refractivity contribution in [2.45, 2.75) is 25.3 Å². The van der Waals surface area contributed by atoms with Crippen molar-refractivity contribution in [3.63, 3.8) is 0 Å². The number of methoxy groups -OCH3 is 1. The van der Waals surface area contributed by atoms with Crippen LogP contribution in [0.25, 0.3) is 0 Å². The maximum atomic E-state index is 12.9. The third-order valence-corrected chi connectivity index (χ3v) is 8.01. The number of carbonyl (C=O) groups excluding carboxylic acids is 1.